The second kappa shape index (κ2) is 10.9. The number of hydrogen-bond donors (Lipinski definition) is 1. The van der Waals surface area contributed by atoms with Gasteiger partial charge in [0.15, 0.2) is 17.5 Å². The lowest BCUT2D eigenvalue weighted by Crippen LogP contribution is -2.39. The zero-order valence-electron chi connectivity index (χ0n) is 15.6. The standard InChI is InChI=1S/C19H25FN4O.HI/c1-14-5-6-15(12-23-14)9-10-22-19(21-2)24(3)13-16-7-8-18(25-4)17(20)11-16;/h5-8,11-12H,9-10,13H2,1-4H3,(H,21,22);1H. The van der Waals surface area contributed by atoms with Crippen molar-refractivity contribution in [3.63, 3.8) is 0 Å². The average Bonchev–Trinajstić information content (AvgIpc) is 2.60. The third kappa shape index (κ3) is 6.44. The molecular formula is C19H26FIN4O. The molecule has 0 aliphatic carbocycles. The SMILES string of the molecule is CN=C(NCCc1ccc(C)nc1)N(C)Cc1ccc(OC)c(F)c1.I. The molecule has 5 nitrogen and oxygen atoms in total. The van der Waals surface area contributed by atoms with Crippen LogP contribution < -0.4 is 10.1 Å². The number of hydrogen-bond acceptors (Lipinski definition) is 3. The zero-order chi connectivity index (χ0) is 18.2. The van der Waals surface area contributed by atoms with Crippen molar-refractivity contribution >= 4 is 29.9 Å². The summed E-state index contributed by atoms with van der Waals surface area (Å²) in [6.45, 7) is 3.27. The van der Waals surface area contributed by atoms with E-state index < -0.39 is 0 Å². The van der Waals surface area contributed by atoms with Crippen LogP contribution in [0.15, 0.2) is 41.5 Å². The van der Waals surface area contributed by atoms with Crippen LogP contribution in [0.4, 0.5) is 4.39 Å². The van der Waals surface area contributed by atoms with Gasteiger partial charge in [-0.05, 0) is 42.7 Å². The number of ether oxygens (including phenoxy) is 1. The molecule has 2 aromatic rings. The Labute approximate surface area is 171 Å². The Hall–Kier alpha value is -1.90. The first-order chi connectivity index (χ1) is 12.0. The van der Waals surface area contributed by atoms with E-state index in [4.69, 9.17) is 4.74 Å². The summed E-state index contributed by atoms with van der Waals surface area (Å²) in [5, 5.41) is 3.32. The highest BCUT2D eigenvalue weighted by Gasteiger charge is 2.09. The van der Waals surface area contributed by atoms with Gasteiger partial charge in [-0.25, -0.2) is 4.39 Å². The molecule has 0 saturated heterocycles. The predicted molar refractivity (Wildman–Crippen MR) is 114 cm³/mol. The van der Waals surface area contributed by atoms with Crippen molar-refractivity contribution in [2.45, 2.75) is 19.9 Å². The minimum atomic E-state index is -0.358. The highest BCUT2D eigenvalue weighted by Crippen LogP contribution is 2.18. The van der Waals surface area contributed by atoms with Crippen LogP contribution in [0, 0.1) is 12.7 Å². The number of nitrogens with zero attached hydrogens (tertiary/aromatic N) is 3. The van der Waals surface area contributed by atoms with Crippen LogP contribution in [0.25, 0.3) is 0 Å². The van der Waals surface area contributed by atoms with Crippen molar-refractivity contribution in [2.75, 3.05) is 27.7 Å². The van der Waals surface area contributed by atoms with Crippen molar-refractivity contribution in [3.05, 3.63) is 59.2 Å². The van der Waals surface area contributed by atoms with E-state index in [-0.39, 0.29) is 35.5 Å². The molecule has 1 N–H and O–H groups in total. The van der Waals surface area contributed by atoms with E-state index in [2.05, 4.69) is 21.4 Å². The number of guanidine groups is 1. The van der Waals surface area contributed by atoms with Crippen LogP contribution in [0.3, 0.4) is 0 Å². The molecule has 26 heavy (non-hydrogen) atoms. The number of rotatable bonds is 6. The monoisotopic (exact) mass is 472 g/mol. The Kier molecular flexibility index (Phi) is 9.32. The van der Waals surface area contributed by atoms with Crippen LogP contribution in [0.1, 0.15) is 16.8 Å². The number of halogens is 2. The molecule has 0 bridgehead atoms. The van der Waals surface area contributed by atoms with Gasteiger partial charge in [-0.2, -0.15) is 0 Å². The number of aryl methyl sites for hydroxylation is 1. The molecule has 0 aliphatic rings. The topological polar surface area (TPSA) is 49.8 Å². The van der Waals surface area contributed by atoms with E-state index in [0.29, 0.717) is 6.54 Å². The molecular weight excluding hydrogens is 446 g/mol. The fraction of sp³-hybridized carbons (Fsp3) is 0.368. The summed E-state index contributed by atoms with van der Waals surface area (Å²) < 4.78 is 18.8. The first kappa shape index (κ1) is 22.1. The summed E-state index contributed by atoms with van der Waals surface area (Å²) in [7, 11) is 5.12. The minimum Gasteiger partial charge on any atom is -0.494 e. The molecule has 0 aliphatic heterocycles. The Morgan fingerprint density at radius 1 is 1.27 bits per heavy atom. The van der Waals surface area contributed by atoms with E-state index in [1.165, 1.54) is 18.7 Å². The second-order valence-electron chi connectivity index (χ2n) is 5.86. The van der Waals surface area contributed by atoms with E-state index in [1.807, 2.05) is 37.2 Å². The summed E-state index contributed by atoms with van der Waals surface area (Å²) in [5.74, 6) is 0.653. The summed E-state index contributed by atoms with van der Waals surface area (Å²) in [6, 6.07) is 9.06. The zero-order valence-corrected chi connectivity index (χ0v) is 18.0. The fourth-order valence-electron chi connectivity index (χ4n) is 2.51. The number of nitrogens with one attached hydrogen (secondary N) is 1. The molecule has 0 atom stereocenters. The number of aromatic nitrogens is 1. The van der Waals surface area contributed by atoms with E-state index in [0.717, 1.165) is 30.2 Å². The van der Waals surface area contributed by atoms with Gasteiger partial charge < -0.3 is 15.0 Å². The van der Waals surface area contributed by atoms with Gasteiger partial charge in [0.1, 0.15) is 0 Å². The summed E-state index contributed by atoms with van der Waals surface area (Å²) in [5.41, 5.74) is 3.04. The third-order valence-electron chi connectivity index (χ3n) is 3.88. The van der Waals surface area contributed by atoms with Crippen LogP contribution in [-0.4, -0.2) is 43.6 Å². The molecule has 142 valence electrons. The van der Waals surface area contributed by atoms with Crippen molar-refractivity contribution in [1.29, 1.82) is 0 Å². The highest BCUT2D eigenvalue weighted by atomic mass is 127. The van der Waals surface area contributed by atoms with Gasteiger partial charge in [0.2, 0.25) is 0 Å². The Morgan fingerprint density at radius 2 is 2.00 bits per heavy atom. The van der Waals surface area contributed by atoms with Crippen LogP contribution >= 0.6 is 24.0 Å². The predicted octanol–water partition coefficient (Wildman–Crippen LogP) is 3.41. The van der Waals surface area contributed by atoms with Crippen molar-refractivity contribution < 1.29 is 9.13 Å². The molecule has 1 aromatic carbocycles. The molecule has 0 unspecified atom stereocenters. The van der Waals surface area contributed by atoms with Crippen molar-refractivity contribution in [2.24, 2.45) is 4.99 Å². The van der Waals surface area contributed by atoms with Crippen LogP contribution in [0.2, 0.25) is 0 Å². The maximum absolute atomic E-state index is 13.8. The van der Waals surface area contributed by atoms with Gasteiger partial charge in [0, 0.05) is 39.1 Å². The Morgan fingerprint density at radius 3 is 2.58 bits per heavy atom. The number of pyridine rings is 1. The van der Waals surface area contributed by atoms with E-state index >= 15 is 0 Å². The number of methoxy groups -OCH3 is 1. The van der Waals surface area contributed by atoms with Crippen LogP contribution in [-0.2, 0) is 13.0 Å². The number of benzene rings is 1. The average molecular weight is 472 g/mol. The third-order valence-corrected chi connectivity index (χ3v) is 3.88. The lowest BCUT2D eigenvalue weighted by Gasteiger charge is -2.22. The van der Waals surface area contributed by atoms with Gasteiger partial charge >= 0.3 is 0 Å². The molecule has 0 saturated carbocycles. The summed E-state index contributed by atoms with van der Waals surface area (Å²) >= 11 is 0. The number of aliphatic imine (C=N–C) groups is 1. The smallest absolute Gasteiger partial charge is 0.193 e. The molecule has 0 spiro atoms. The maximum atomic E-state index is 13.8. The molecule has 1 aromatic heterocycles. The van der Waals surface area contributed by atoms with Crippen molar-refractivity contribution in [3.8, 4) is 5.75 Å². The highest BCUT2D eigenvalue weighted by molar-refractivity contribution is 14.0. The van der Waals surface area contributed by atoms with Crippen LogP contribution in [0.5, 0.6) is 5.75 Å². The molecule has 7 heteroatoms. The lowest BCUT2D eigenvalue weighted by molar-refractivity contribution is 0.385. The van der Waals surface area contributed by atoms with Gasteiger partial charge in [0.05, 0.1) is 7.11 Å². The normalized spacial score (nSPS) is 10.9. The molecule has 0 amide bonds. The van der Waals surface area contributed by atoms with E-state index in [9.17, 15) is 4.39 Å². The maximum Gasteiger partial charge on any atom is 0.193 e. The summed E-state index contributed by atoms with van der Waals surface area (Å²) in [4.78, 5) is 10.5. The van der Waals surface area contributed by atoms with Crippen molar-refractivity contribution in [1.82, 2.24) is 15.2 Å². The largest absolute Gasteiger partial charge is 0.494 e. The molecule has 0 fully saturated rings. The van der Waals surface area contributed by atoms with E-state index in [1.54, 1.807) is 13.1 Å². The molecule has 1 heterocycles. The second-order valence-corrected chi connectivity index (χ2v) is 5.86. The quantitative estimate of drug-likeness (QED) is 0.398. The lowest BCUT2D eigenvalue weighted by atomic mass is 10.2. The van der Waals surface area contributed by atoms with Gasteiger partial charge in [-0.1, -0.05) is 12.1 Å². The molecule has 0 radical (unpaired) electrons. The Bertz CT molecular complexity index is 722. The van der Waals surface area contributed by atoms with Gasteiger partial charge in [-0.15, -0.1) is 24.0 Å². The first-order valence-corrected chi connectivity index (χ1v) is 8.19. The van der Waals surface area contributed by atoms with Gasteiger partial charge in [-0.3, -0.25) is 9.98 Å². The fourth-order valence-corrected chi connectivity index (χ4v) is 2.51. The summed E-state index contributed by atoms with van der Waals surface area (Å²) in [6.07, 6.45) is 2.75. The molecule has 2 rings (SSSR count). The minimum absolute atomic E-state index is 0. The van der Waals surface area contributed by atoms with Gasteiger partial charge in [0.25, 0.3) is 0 Å². The first-order valence-electron chi connectivity index (χ1n) is 8.19. The Balaban J connectivity index is 0.00000338.